The molecule has 1 unspecified atom stereocenters. The molecular formula is C75H128O6. The van der Waals surface area contributed by atoms with E-state index in [-0.39, 0.29) is 31.1 Å². The third-order valence-corrected chi connectivity index (χ3v) is 14.8. The lowest BCUT2D eigenvalue weighted by Gasteiger charge is -2.18. The molecule has 0 aliphatic rings. The van der Waals surface area contributed by atoms with Gasteiger partial charge in [0.05, 0.1) is 0 Å². The minimum Gasteiger partial charge on any atom is -0.462 e. The molecule has 6 nitrogen and oxygen atoms in total. The van der Waals surface area contributed by atoms with Crippen LogP contribution in [0.2, 0.25) is 0 Å². The van der Waals surface area contributed by atoms with Crippen LogP contribution < -0.4 is 0 Å². The fourth-order valence-electron chi connectivity index (χ4n) is 9.70. The summed E-state index contributed by atoms with van der Waals surface area (Å²) in [5.41, 5.74) is 0. The van der Waals surface area contributed by atoms with Crippen molar-refractivity contribution < 1.29 is 28.6 Å². The van der Waals surface area contributed by atoms with Gasteiger partial charge in [-0.2, -0.15) is 0 Å². The summed E-state index contributed by atoms with van der Waals surface area (Å²) in [4.78, 5) is 38.4. The highest BCUT2D eigenvalue weighted by molar-refractivity contribution is 5.71. The summed E-state index contributed by atoms with van der Waals surface area (Å²) in [6, 6.07) is 0. The number of unbranched alkanes of at least 4 members (excludes halogenated alkanes) is 33. The molecule has 0 radical (unpaired) electrons. The summed E-state index contributed by atoms with van der Waals surface area (Å²) in [7, 11) is 0. The van der Waals surface area contributed by atoms with Crippen LogP contribution in [0.3, 0.4) is 0 Å². The number of rotatable bonds is 62. The molecule has 0 fully saturated rings. The highest BCUT2D eigenvalue weighted by Crippen LogP contribution is 2.17. The second-order valence-electron chi connectivity index (χ2n) is 22.7. The zero-order chi connectivity index (χ0) is 58.5. The van der Waals surface area contributed by atoms with Crippen molar-refractivity contribution in [3.05, 3.63) is 109 Å². The third-order valence-electron chi connectivity index (χ3n) is 14.8. The molecule has 0 spiro atoms. The molecule has 0 saturated heterocycles. The normalized spacial score (nSPS) is 12.8. The Morgan fingerprint density at radius 2 is 0.481 bits per heavy atom. The first kappa shape index (κ1) is 77.1. The molecule has 0 aliphatic carbocycles. The number of hydrogen-bond acceptors (Lipinski definition) is 6. The first-order valence-corrected chi connectivity index (χ1v) is 34.4. The van der Waals surface area contributed by atoms with Gasteiger partial charge in [-0.05, 0) is 103 Å². The van der Waals surface area contributed by atoms with E-state index >= 15 is 0 Å². The van der Waals surface area contributed by atoms with Crippen molar-refractivity contribution in [3.8, 4) is 0 Å². The average Bonchev–Trinajstić information content (AvgIpc) is 3.47. The number of carbonyl (C=O) groups excluding carboxylic acids is 3. The molecule has 1 atom stereocenters. The highest BCUT2D eigenvalue weighted by Gasteiger charge is 2.19. The lowest BCUT2D eigenvalue weighted by molar-refractivity contribution is -0.167. The van der Waals surface area contributed by atoms with Gasteiger partial charge in [0.2, 0.25) is 0 Å². The first-order chi connectivity index (χ1) is 40.0. The van der Waals surface area contributed by atoms with Crippen LogP contribution in [0.15, 0.2) is 109 Å². The van der Waals surface area contributed by atoms with Crippen LogP contribution in [0, 0.1) is 0 Å². The van der Waals surface area contributed by atoms with Gasteiger partial charge < -0.3 is 14.2 Å². The molecule has 0 saturated carbocycles. The zero-order valence-corrected chi connectivity index (χ0v) is 53.3. The van der Waals surface area contributed by atoms with E-state index in [1.54, 1.807) is 0 Å². The molecule has 0 aromatic rings. The van der Waals surface area contributed by atoms with Crippen LogP contribution in [-0.2, 0) is 28.6 Å². The molecule has 81 heavy (non-hydrogen) atoms. The molecule has 0 heterocycles. The van der Waals surface area contributed by atoms with E-state index in [4.69, 9.17) is 14.2 Å². The smallest absolute Gasteiger partial charge is 0.306 e. The summed E-state index contributed by atoms with van der Waals surface area (Å²) in [5.74, 6) is -0.898. The molecular weight excluding hydrogens is 997 g/mol. The minimum atomic E-state index is -0.791. The average molecular weight is 1130 g/mol. The quantitative estimate of drug-likeness (QED) is 0.0261. The van der Waals surface area contributed by atoms with E-state index in [0.717, 1.165) is 128 Å². The highest BCUT2D eigenvalue weighted by atomic mass is 16.6. The van der Waals surface area contributed by atoms with E-state index in [9.17, 15) is 14.4 Å². The predicted octanol–water partition coefficient (Wildman–Crippen LogP) is 23.8. The summed E-state index contributed by atoms with van der Waals surface area (Å²) in [5, 5.41) is 0. The van der Waals surface area contributed by atoms with Crippen molar-refractivity contribution in [3.63, 3.8) is 0 Å². The number of carbonyl (C=O) groups is 3. The van der Waals surface area contributed by atoms with Crippen LogP contribution in [0.1, 0.15) is 329 Å². The van der Waals surface area contributed by atoms with Crippen molar-refractivity contribution in [1.82, 2.24) is 0 Å². The fraction of sp³-hybridized carbons (Fsp3) is 0.720. The van der Waals surface area contributed by atoms with Crippen molar-refractivity contribution >= 4 is 17.9 Å². The number of hydrogen-bond donors (Lipinski definition) is 0. The molecule has 0 aromatic carbocycles. The van der Waals surface area contributed by atoms with Gasteiger partial charge in [0.1, 0.15) is 13.2 Å². The number of ether oxygens (including phenoxy) is 3. The van der Waals surface area contributed by atoms with Crippen LogP contribution in [0.5, 0.6) is 0 Å². The van der Waals surface area contributed by atoms with E-state index in [2.05, 4.69) is 130 Å². The second kappa shape index (κ2) is 68.6. The largest absolute Gasteiger partial charge is 0.462 e. The van der Waals surface area contributed by atoms with Crippen molar-refractivity contribution in [2.75, 3.05) is 13.2 Å². The standard InChI is InChI=1S/C75H128O6/c1-4-7-10-13-16-19-22-25-28-31-33-34-35-36-37-38-39-40-42-44-47-50-53-56-59-62-65-68-74(77)80-71-72(70-79-73(76)67-64-61-58-55-52-49-46-43-30-27-24-21-18-15-12-9-6-3)81-75(78)69-66-63-60-57-54-51-48-45-41-32-29-26-23-20-17-14-11-8-5-2/h7,9-10,12,16,18-19,21,25,27-28,30,33-34,36-37,46,49,72H,4-6,8,11,13-15,17,20,22-24,26,29,31-32,35,38-45,47-48,50-71H2,1-3H3/b10-7-,12-9-,19-16-,21-18-,28-25-,30-27-,34-33-,37-36-,49-46-. The predicted molar refractivity (Wildman–Crippen MR) is 353 cm³/mol. The van der Waals surface area contributed by atoms with Crippen LogP contribution in [0.4, 0.5) is 0 Å². The third kappa shape index (κ3) is 66.8. The lowest BCUT2D eigenvalue weighted by atomic mass is 10.0. The minimum absolute atomic E-state index is 0.0856. The van der Waals surface area contributed by atoms with Gasteiger partial charge in [-0.3, -0.25) is 14.4 Å². The molecule has 0 bridgehead atoms. The van der Waals surface area contributed by atoms with Gasteiger partial charge in [-0.15, -0.1) is 0 Å². The van der Waals surface area contributed by atoms with Crippen LogP contribution in [0.25, 0.3) is 0 Å². The summed E-state index contributed by atoms with van der Waals surface area (Å²) < 4.78 is 17.0. The van der Waals surface area contributed by atoms with Crippen LogP contribution >= 0.6 is 0 Å². The maximum absolute atomic E-state index is 13.0. The van der Waals surface area contributed by atoms with Crippen molar-refractivity contribution in [2.24, 2.45) is 0 Å². The Kier molecular flexibility index (Phi) is 65.2. The molecule has 0 N–H and O–H groups in total. The maximum atomic E-state index is 13.0. The van der Waals surface area contributed by atoms with Gasteiger partial charge >= 0.3 is 17.9 Å². The summed E-state index contributed by atoms with van der Waals surface area (Å²) in [6.07, 6.45) is 93.9. The summed E-state index contributed by atoms with van der Waals surface area (Å²) >= 11 is 0. The number of allylic oxidation sites excluding steroid dienone is 18. The van der Waals surface area contributed by atoms with E-state index < -0.39 is 6.10 Å². The Bertz CT molecular complexity index is 1620. The molecule has 0 aliphatic heterocycles. The van der Waals surface area contributed by atoms with E-state index in [1.165, 1.54) is 161 Å². The second-order valence-corrected chi connectivity index (χ2v) is 22.7. The van der Waals surface area contributed by atoms with E-state index in [1.807, 2.05) is 0 Å². The van der Waals surface area contributed by atoms with Crippen molar-refractivity contribution in [1.29, 1.82) is 0 Å². The van der Waals surface area contributed by atoms with Crippen LogP contribution in [-0.4, -0.2) is 37.2 Å². The molecule has 0 amide bonds. The zero-order valence-electron chi connectivity index (χ0n) is 53.3. The van der Waals surface area contributed by atoms with Gasteiger partial charge in [0, 0.05) is 19.3 Å². The Labute approximate surface area is 501 Å². The van der Waals surface area contributed by atoms with Gasteiger partial charge in [0.25, 0.3) is 0 Å². The Hall–Kier alpha value is -3.93. The lowest BCUT2D eigenvalue weighted by Crippen LogP contribution is -2.30. The number of esters is 3. The Balaban J connectivity index is 4.36. The van der Waals surface area contributed by atoms with Gasteiger partial charge in [0.15, 0.2) is 6.10 Å². The topological polar surface area (TPSA) is 78.9 Å². The monoisotopic (exact) mass is 1120 g/mol. The molecule has 0 aromatic heterocycles. The Morgan fingerprint density at radius 3 is 0.753 bits per heavy atom. The first-order valence-electron chi connectivity index (χ1n) is 34.4. The maximum Gasteiger partial charge on any atom is 0.306 e. The van der Waals surface area contributed by atoms with Gasteiger partial charge in [-0.25, -0.2) is 0 Å². The van der Waals surface area contributed by atoms with E-state index in [0.29, 0.717) is 19.3 Å². The fourth-order valence-corrected chi connectivity index (χ4v) is 9.70. The summed E-state index contributed by atoms with van der Waals surface area (Å²) in [6.45, 7) is 6.43. The molecule has 0 rings (SSSR count). The SMILES string of the molecule is CC/C=C\C/C=C\C/C=C\C/C=C\C/C=C\CCCCCCCCCCCCCC(=O)OCC(COC(=O)CCCCCC/C=C\C/C=C\C/C=C\C/C=C\CC)OC(=O)CCCCCCCCCCCCCCCCCCCCC. The molecule has 6 heteroatoms. The molecule has 464 valence electrons. The van der Waals surface area contributed by atoms with Crippen molar-refractivity contribution in [2.45, 2.75) is 335 Å². The Morgan fingerprint density at radius 1 is 0.259 bits per heavy atom. The van der Waals surface area contributed by atoms with Gasteiger partial charge in [-0.1, -0.05) is 316 Å².